The summed E-state index contributed by atoms with van der Waals surface area (Å²) in [5.74, 6) is -0.220. The van der Waals surface area contributed by atoms with Crippen LogP contribution >= 0.6 is 0 Å². The van der Waals surface area contributed by atoms with E-state index >= 15 is 0 Å². The summed E-state index contributed by atoms with van der Waals surface area (Å²) in [4.78, 5) is 19.3. The van der Waals surface area contributed by atoms with Gasteiger partial charge in [0.1, 0.15) is 6.33 Å². The number of esters is 1. The normalized spacial score (nSPS) is 11.2. The molecule has 1 aromatic heterocycles. The zero-order valence-corrected chi connectivity index (χ0v) is 9.86. The molecule has 0 radical (unpaired) electrons. The van der Waals surface area contributed by atoms with Crippen LogP contribution in [0.25, 0.3) is 0 Å². The van der Waals surface area contributed by atoms with E-state index < -0.39 is 5.41 Å². The summed E-state index contributed by atoms with van der Waals surface area (Å²) in [6.45, 7) is 4.84. The number of carbonyl (C=O) groups is 1. The Balaban J connectivity index is 2.38. The lowest BCUT2D eigenvalue weighted by Crippen LogP contribution is -2.36. The van der Waals surface area contributed by atoms with E-state index in [1.54, 1.807) is 6.20 Å². The van der Waals surface area contributed by atoms with Crippen LogP contribution in [0, 0.1) is 5.41 Å². The molecule has 88 valence electrons. The van der Waals surface area contributed by atoms with Gasteiger partial charge in [0.25, 0.3) is 0 Å². The molecule has 0 spiro atoms. The molecule has 1 rings (SSSR count). The SMILES string of the molecule is COC(=O)C(C)(C)CNCc1ccncn1. The first kappa shape index (κ1) is 12.6. The summed E-state index contributed by atoms with van der Waals surface area (Å²) in [6.07, 6.45) is 3.19. The molecule has 0 aliphatic rings. The predicted molar refractivity (Wildman–Crippen MR) is 59.5 cm³/mol. The Morgan fingerprint density at radius 3 is 2.88 bits per heavy atom. The summed E-state index contributed by atoms with van der Waals surface area (Å²) < 4.78 is 4.71. The van der Waals surface area contributed by atoms with Crippen molar-refractivity contribution in [3.8, 4) is 0 Å². The quantitative estimate of drug-likeness (QED) is 0.747. The largest absolute Gasteiger partial charge is 0.469 e. The first-order valence-electron chi connectivity index (χ1n) is 5.10. The minimum Gasteiger partial charge on any atom is -0.469 e. The number of hydrogen-bond acceptors (Lipinski definition) is 5. The van der Waals surface area contributed by atoms with Gasteiger partial charge >= 0.3 is 5.97 Å². The minimum absolute atomic E-state index is 0.220. The van der Waals surface area contributed by atoms with Crippen molar-refractivity contribution in [2.24, 2.45) is 5.41 Å². The molecule has 0 amide bonds. The molecule has 0 bridgehead atoms. The molecule has 5 nitrogen and oxygen atoms in total. The monoisotopic (exact) mass is 223 g/mol. The van der Waals surface area contributed by atoms with Crippen LogP contribution in [0.15, 0.2) is 18.6 Å². The third kappa shape index (κ3) is 3.58. The van der Waals surface area contributed by atoms with Crippen molar-refractivity contribution in [3.05, 3.63) is 24.3 Å². The minimum atomic E-state index is -0.526. The molecule has 1 heterocycles. The van der Waals surface area contributed by atoms with Gasteiger partial charge in [0.05, 0.1) is 18.2 Å². The predicted octanol–water partition coefficient (Wildman–Crippen LogP) is 0.765. The van der Waals surface area contributed by atoms with Crippen molar-refractivity contribution in [1.82, 2.24) is 15.3 Å². The number of aromatic nitrogens is 2. The van der Waals surface area contributed by atoms with Gasteiger partial charge in [0.15, 0.2) is 0 Å². The van der Waals surface area contributed by atoms with E-state index in [0.29, 0.717) is 13.1 Å². The van der Waals surface area contributed by atoms with Crippen molar-refractivity contribution in [1.29, 1.82) is 0 Å². The Hall–Kier alpha value is -1.49. The van der Waals surface area contributed by atoms with Crippen molar-refractivity contribution >= 4 is 5.97 Å². The van der Waals surface area contributed by atoms with Crippen LogP contribution in [0.4, 0.5) is 0 Å². The molecule has 0 aliphatic carbocycles. The van der Waals surface area contributed by atoms with E-state index in [4.69, 9.17) is 4.74 Å². The second-order valence-corrected chi connectivity index (χ2v) is 4.18. The number of hydrogen-bond donors (Lipinski definition) is 1. The second kappa shape index (κ2) is 5.55. The van der Waals surface area contributed by atoms with Crippen LogP contribution in [-0.2, 0) is 16.1 Å². The third-order valence-corrected chi connectivity index (χ3v) is 2.25. The fourth-order valence-corrected chi connectivity index (χ4v) is 1.27. The lowest BCUT2D eigenvalue weighted by Gasteiger charge is -2.21. The number of methoxy groups -OCH3 is 1. The Morgan fingerprint density at radius 2 is 2.31 bits per heavy atom. The number of carbonyl (C=O) groups excluding carboxylic acids is 1. The van der Waals surface area contributed by atoms with E-state index in [-0.39, 0.29) is 5.97 Å². The van der Waals surface area contributed by atoms with Gasteiger partial charge < -0.3 is 10.1 Å². The standard InChI is InChI=1S/C11H17N3O2/c1-11(2,10(15)16-3)7-13-6-9-4-5-12-8-14-9/h4-5,8,13H,6-7H2,1-3H3. The molecular weight excluding hydrogens is 206 g/mol. The van der Waals surface area contributed by atoms with Crippen LogP contribution in [0.3, 0.4) is 0 Å². The van der Waals surface area contributed by atoms with Crippen molar-refractivity contribution in [2.45, 2.75) is 20.4 Å². The van der Waals surface area contributed by atoms with E-state index in [9.17, 15) is 4.79 Å². The summed E-state index contributed by atoms with van der Waals surface area (Å²) in [5.41, 5.74) is 0.373. The molecule has 0 aromatic carbocycles. The molecule has 0 aliphatic heterocycles. The molecular formula is C11H17N3O2. The van der Waals surface area contributed by atoms with Crippen LogP contribution < -0.4 is 5.32 Å². The summed E-state index contributed by atoms with van der Waals surface area (Å²) >= 11 is 0. The van der Waals surface area contributed by atoms with Crippen molar-refractivity contribution in [3.63, 3.8) is 0 Å². The molecule has 5 heteroatoms. The molecule has 0 saturated carbocycles. The van der Waals surface area contributed by atoms with Gasteiger partial charge in [-0.25, -0.2) is 9.97 Å². The van der Waals surface area contributed by atoms with Crippen molar-refractivity contribution < 1.29 is 9.53 Å². The van der Waals surface area contributed by atoms with E-state index in [2.05, 4.69) is 15.3 Å². The highest BCUT2D eigenvalue weighted by Crippen LogP contribution is 2.15. The zero-order valence-electron chi connectivity index (χ0n) is 9.86. The van der Waals surface area contributed by atoms with Gasteiger partial charge in [-0.2, -0.15) is 0 Å². The van der Waals surface area contributed by atoms with Crippen LogP contribution in [-0.4, -0.2) is 29.6 Å². The Labute approximate surface area is 95.3 Å². The molecule has 16 heavy (non-hydrogen) atoms. The topological polar surface area (TPSA) is 64.1 Å². The number of nitrogens with zero attached hydrogens (tertiary/aromatic N) is 2. The smallest absolute Gasteiger partial charge is 0.312 e. The zero-order chi connectivity index (χ0) is 12.0. The lowest BCUT2D eigenvalue weighted by atomic mass is 9.94. The third-order valence-electron chi connectivity index (χ3n) is 2.25. The average molecular weight is 223 g/mol. The van der Waals surface area contributed by atoms with Gasteiger partial charge in [-0.1, -0.05) is 0 Å². The Morgan fingerprint density at radius 1 is 1.56 bits per heavy atom. The Bertz CT molecular complexity index is 338. The van der Waals surface area contributed by atoms with Crippen LogP contribution in [0.1, 0.15) is 19.5 Å². The van der Waals surface area contributed by atoms with Gasteiger partial charge in [-0.3, -0.25) is 4.79 Å². The van der Waals surface area contributed by atoms with E-state index in [0.717, 1.165) is 5.69 Å². The van der Waals surface area contributed by atoms with E-state index in [1.807, 2.05) is 19.9 Å². The van der Waals surface area contributed by atoms with Gasteiger partial charge in [-0.05, 0) is 19.9 Å². The highest BCUT2D eigenvalue weighted by Gasteiger charge is 2.27. The van der Waals surface area contributed by atoms with Crippen LogP contribution in [0.2, 0.25) is 0 Å². The molecule has 1 aromatic rings. The molecule has 0 fully saturated rings. The maximum absolute atomic E-state index is 11.4. The number of nitrogens with one attached hydrogen (secondary N) is 1. The van der Waals surface area contributed by atoms with E-state index in [1.165, 1.54) is 13.4 Å². The highest BCUT2D eigenvalue weighted by molar-refractivity contribution is 5.76. The fourth-order valence-electron chi connectivity index (χ4n) is 1.27. The highest BCUT2D eigenvalue weighted by atomic mass is 16.5. The van der Waals surface area contributed by atoms with Crippen LogP contribution in [0.5, 0.6) is 0 Å². The number of ether oxygens (including phenoxy) is 1. The van der Waals surface area contributed by atoms with Gasteiger partial charge in [-0.15, -0.1) is 0 Å². The first-order chi connectivity index (χ1) is 7.56. The molecule has 1 N–H and O–H groups in total. The molecule has 0 saturated heterocycles. The maximum atomic E-state index is 11.4. The summed E-state index contributed by atoms with van der Waals surface area (Å²) in [6, 6.07) is 1.83. The number of rotatable bonds is 5. The van der Waals surface area contributed by atoms with Crippen molar-refractivity contribution in [2.75, 3.05) is 13.7 Å². The molecule has 0 unspecified atom stereocenters. The fraction of sp³-hybridized carbons (Fsp3) is 0.545. The summed E-state index contributed by atoms with van der Waals surface area (Å²) in [7, 11) is 1.40. The summed E-state index contributed by atoms with van der Waals surface area (Å²) in [5, 5.41) is 3.17. The maximum Gasteiger partial charge on any atom is 0.312 e. The van der Waals surface area contributed by atoms with Gasteiger partial charge in [0.2, 0.25) is 0 Å². The second-order valence-electron chi connectivity index (χ2n) is 4.18. The molecule has 0 atom stereocenters. The first-order valence-corrected chi connectivity index (χ1v) is 5.10. The Kier molecular flexibility index (Phi) is 4.37. The lowest BCUT2D eigenvalue weighted by molar-refractivity contribution is -0.150. The average Bonchev–Trinajstić information content (AvgIpc) is 2.29. The van der Waals surface area contributed by atoms with Gasteiger partial charge in [0, 0.05) is 19.3 Å².